The van der Waals surface area contributed by atoms with Gasteiger partial charge in [-0.25, -0.2) is 0 Å². The summed E-state index contributed by atoms with van der Waals surface area (Å²) in [5.41, 5.74) is 1.14. The zero-order valence-corrected chi connectivity index (χ0v) is 17.6. The highest BCUT2D eigenvalue weighted by molar-refractivity contribution is 7.12. The van der Waals surface area contributed by atoms with Crippen LogP contribution in [-0.4, -0.2) is 41.8 Å². The van der Waals surface area contributed by atoms with E-state index < -0.39 is 6.04 Å². The van der Waals surface area contributed by atoms with Gasteiger partial charge in [0.05, 0.1) is 4.88 Å². The van der Waals surface area contributed by atoms with Crippen molar-refractivity contribution < 1.29 is 14.4 Å². The number of likely N-dealkylation sites (tertiary alicyclic amines) is 1. The summed E-state index contributed by atoms with van der Waals surface area (Å²) in [6.07, 6.45) is 2.43. The minimum atomic E-state index is -0.409. The first kappa shape index (κ1) is 21.0. The summed E-state index contributed by atoms with van der Waals surface area (Å²) in [5.74, 6) is 0.131. The zero-order chi connectivity index (χ0) is 20.8. The number of nitrogens with zero attached hydrogens (tertiary/aromatic N) is 1. The van der Waals surface area contributed by atoms with Crippen LogP contribution in [0.15, 0.2) is 41.8 Å². The maximum Gasteiger partial charge on any atom is 0.265 e. The lowest BCUT2D eigenvalue weighted by atomic mass is 10.1. The molecule has 3 rings (SSSR count). The lowest BCUT2D eigenvalue weighted by Crippen LogP contribution is -2.46. The number of hydrogen-bond donors (Lipinski definition) is 2. The van der Waals surface area contributed by atoms with Crippen molar-refractivity contribution in [2.75, 3.05) is 18.4 Å². The molecule has 2 aromatic rings. The Hall–Kier alpha value is -2.67. The molecule has 0 radical (unpaired) electrons. The molecule has 6 nitrogen and oxygen atoms in total. The van der Waals surface area contributed by atoms with Crippen LogP contribution < -0.4 is 10.6 Å². The predicted molar refractivity (Wildman–Crippen MR) is 115 cm³/mol. The highest BCUT2D eigenvalue weighted by atomic mass is 32.1. The van der Waals surface area contributed by atoms with E-state index >= 15 is 0 Å². The van der Waals surface area contributed by atoms with Crippen molar-refractivity contribution in [2.24, 2.45) is 5.92 Å². The molecule has 2 heterocycles. The summed E-state index contributed by atoms with van der Waals surface area (Å²) in [6.45, 7) is 5.44. The van der Waals surface area contributed by atoms with Crippen LogP contribution in [0.3, 0.4) is 0 Å². The first-order chi connectivity index (χ1) is 14.0. The summed E-state index contributed by atoms with van der Waals surface area (Å²) in [7, 11) is 0. The summed E-state index contributed by atoms with van der Waals surface area (Å²) in [4.78, 5) is 39.9. The molecular weight excluding hydrogens is 386 g/mol. The minimum Gasteiger partial charge on any atom is -0.354 e. The van der Waals surface area contributed by atoms with Crippen molar-refractivity contribution >= 4 is 34.7 Å². The second-order valence-electron chi connectivity index (χ2n) is 7.64. The SMILES string of the molecule is CC(C)CCNC(=O)[C@H]1CCCN1C(=O)c1ccc(NC(=O)c2cccs2)cc1. The number of carbonyl (C=O) groups is 3. The second-order valence-corrected chi connectivity index (χ2v) is 8.59. The molecule has 1 saturated heterocycles. The number of amides is 3. The molecule has 1 aliphatic heterocycles. The zero-order valence-electron chi connectivity index (χ0n) is 16.8. The van der Waals surface area contributed by atoms with Gasteiger partial charge in [-0.15, -0.1) is 11.3 Å². The highest BCUT2D eigenvalue weighted by Crippen LogP contribution is 2.22. The van der Waals surface area contributed by atoms with E-state index in [0.717, 1.165) is 12.8 Å². The number of carbonyl (C=O) groups excluding carboxylic acids is 3. The topological polar surface area (TPSA) is 78.5 Å². The minimum absolute atomic E-state index is 0.0728. The third-order valence-electron chi connectivity index (χ3n) is 4.97. The molecule has 7 heteroatoms. The molecule has 0 spiro atoms. The first-order valence-electron chi connectivity index (χ1n) is 9.99. The molecule has 1 fully saturated rings. The van der Waals surface area contributed by atoms with E-state index in [1.807, 2.05) is 11.4 Å². The molecule has 0 aliphatic carbocycles. The van der Waals surface area contributed by atoms with Gasteiger partial charge in [0.15, 0.2) is 0 Å². The Morgan fingerprint density at radius 1 is 1.17 bits per heavy atom. The van der Waals surface area contributed by atoms with Crippen LogP contribution in [0.5, 0.6) is 0 Å². The molecule has 154 valence electrons. The van der Waals surface area contributed by atoms with Crippen molar-refractivity contribution in [3.05, 3.63) is 52.2 Å². The van der Waals surface area contributed by atoms with Gasteiger partial charge in [-0.1, -0.05) is 19.9 Å². The number of hydrogen-bond acceptors (Lipinski definition) is 4. The molecule has 1 atom stereocenters. The fraction of sp³-hybridized carbons (Fsp3) is 0.409. The molecule has 1 aromatic carbocycles. The van der Waals surface area contributed by atoms with Gasteiger partial charge in [0.2, 0.25) is 5.91 Å². The Morgan fingerprint density at radius 2 is 1.93 bits per heavy atom. The Balaban J connectivity index is 1.60. The van der Waals surface area contributed by atoms with Gasteiger partial charge >= 0.3 is 0 Å². The summed E-state index contributed by atoms with van der Waals surface area (Å²) < 4.78 is 0. The molecule has 0 bridgehead atoms. The molecule has 1 aliphatic rings. The van der Waals surface area contributed by atoms with Gasteiger partial charge in [0.25, 0.3) is 11.8 Å². The van der Waals surface area contributed by atoms with E-state index in [4.69, 9.17) is 0 Å². The fourth-order valence-electron chi connectivity index (χ4n) is 3.35. The van der Waals surface area contributed by atoms with Crippen LogP contribution >= 0.6 is 11.3 Å². The number of nitrogens with one attached hydrogen (secondary N) is 2. The van der Waals surface area contributed by atoms with Gasteiger partial charge in [0.1, 0.15) is 6.04 Å². The molecule has 1 aromatic heterocycles. The Morgan fingerprint density at radius 3 is 2.59 bits per heavy atom. The second kappa shape index (κ2) is 9.69. The number of benzene rings is 1. The lowest BCUT2D eigenvalue weighted by molar-refractivity contribution is -0.124. The van der Waals surface area contributed by atoms with Gasteiger partial charge < -0.3 is 15.5 Å². The smallest absolute Gasteiger partial charge is 0.265 e. The van der Waals surface area contributed by atoms with E-state index in [1.165, 1.54) is 11.3 Å². The van der Waals surface area contributed by atoms with Crippen molar-refractivity contribution in [3.8, 4) is 0 Å². The van der Waals surface area contributed by atoms with E-state index in [2.05, 4.69) is 24.5 Å². The van der Waals surface area contributed by atoms with Gasteiger partial charge in [-0.05, 0) is 60.9 Å². The Labute approximate surface area is 175 Å². The van der Waals surface area contributed by atoms with Gasteiger partial charge in [-0.3, -0.25) is 14.4 Å². The van der Waals surface area contributed by atoms with Crippen LogP contribution in [0.1, 0.15) is 53.1 Å². The maximum atomic E-state index is 12.9. The Kier molecular flexibility index (Phi) is 7.04. The van der Waals surface area contributed by atoms with Crippen LogP contribution in [-0.2, 0) is 4.79 Å². The van der Waals surface area contributed by atoms with E-state index in [9.17, 15) is 14.4 Å². The van der Waals surface area contributed by atoms with Crippen molar-refractivity contribution in [1.29, 1.82) is 0 Å². The third-order valence-corrected chi connectivity index (χ3v) is 5.84. The predicted octanol–water partition coefficient (Wildman–Crippen LogP) is 3.77. The summed E-state index contributed by atoms with van der Waals surface area (Å²) in [5, 5.41) is 7.63. The summed E-state index contributed by atoms with van der Waals surface area (Å²) >= 11 is 1.37. The molecule has 2 N–H and O–H groups in total. The van der Waals surface area contributed by atoms with Gasteiger partial charge in [0, 0.05) is 24.3 Å². The molecular formula is C22H27N3O3S. The molecule has 0 saturated carbocycles. The third kappa shape index (κ3) is 5.44. The number of thiophene rings is 1. The van der Waals surface area contributed by atoms with Gasteiger partial charge in [-0.2, -0.15) is 0 Å². The Bertz CT molecular complexity index is 847. The van der Waals surface area contributed by atoms with Crippen molar-refractivity contribution in [2.45, 2.75) is 39.2 Å². The quantitative estimate of drug-likeness (QED) is 0.725. The van der Waals surface area contributed by atoms with Crippen LogP contribution in [0.4, 0.5) is 5.69 Å². The normalized spacial score (nSPS) is 16.1. The van der Waals surface area contributed by atoms with Crippen molar-refractivity contribution in [1.82, 2.24) is 10.2 Å². The average molecular weight is 414 g/mol. The molecule has 29 heavy (non-hydrogen) atoms. The van der Waals surface area contributed by atoms with Crippen LogP contribution in [0, 0.1) is 5.92 Å². The van der Waals surface area contributed by atoms with Crippen LogP contribution in [0.25, 0.3) is 0 Å². The molecule has 0 unspecified atom stereocenters. The molecule has 3 amide bonds. The standard InChI is InChI=1S/C22H27N3O3S/c1-15(2)11-12-23-20(26)18-5-3-13-25(18)22(28)16-7-9-17(10-8-16)24-21(27)19-6-4-14-29-19/h4,6-10,14-15,18H,3,5,11-13H2,1-2H3,(H,23,26)(H,24,27)/t18-/m1/s1. The van der Waals surface area contributed by atoms with E-state index in [0.29, 0.717) is 41.6 Å². The largest absolute Gasteiger partial charge is 0.354 e. The average Bonchev–Trinajstić information content (AvgIpc) is 3.39. The monoisotopic (exact) mass is 413 g/mol. The van der Waals surface area contributed by atoms with E-state index in [1.54, 1.807) is 35.2 Å². The number of rotatable bonds is 7. The van der Waals surface area contributed by atoms with Crippen LogP contribution in [0.2, 0.25) is 0 Å². The number of anilines is 1. The van der Waals surface area contributed by atoms with E-state index in [-0.39, 0.29) is 17.7 Å². The fourth-order valence-corrected chi connectivity index (χ4v) is 3.97. The maximum absolute atomic E-state index is 12.9. The van der Waals surface area contributed by atoms with Crippen molar-refractivity contribution in [3.63, 3.8) is 0 Å². The highest BCUT2D eigenvalue weighted by Gasteiger charge is 2.34. The lowest BCUT2D eigenvalue weighted by Gasteiger charge is -2.24. The first-order valence-corrected chi connectivity index (χ1v) is 10.9. The summed E-state index contributed by atoms with van der Waals surface area (Å²) in [6, 6.07) is 9.99.